The molecule has 2 rings (SSSR count). The molecule has 2 N–H and O–H groups in total. The van der Waals surface area contributed by atoms with Gasteiger partial charge in [0, 0.05) is 49.5 Å². The van der Waals surface area contributed by atoms with Gasteiger partial charge in [0.2, 0.25) is 0 Å². The number of nitrogens with zero attached hydrogens (tertiary/aromatic N) is 4. The Kier molecular flexibility index (Phi) is 9.85. The molecule has 0 atom stereocenters. The van der Waals surface area contributed by atoms with Gasteiger partial charge in [-0.1, -0.05) is 6.92 Å². The smallest absolute Gasteiger partial charge is 0.191 e. The molecule has 0 saturated heterocycles. The first-order chi connectivity index (χ1) is 10.8. The van der Waals surface area contributed by atoms with Gasteiger partial charge in [0.25, 0.3) is 0 Å². The summed E-state index contributed by atoms with van der Waals surface area (Å²) in [6.45, 7) is 7.44. The number of aromatic nitrogens is 3. The maximum absolute atomic E-state index is 4.59. The lowest BCUT2D eigenvalue weighted by molar-refractivity contribution is 0.598. The predicted molar refractivity (Wildman–Crippen MR) is 107 cm³/mol. The normalized spacial score (nSPS) is 11.1. The van der Waals surface area contributed by atoms with Crippen LogP contribution in [0.25, 0.3) is 0 Å². The first kappa shape index (κ1) is 19.9. The lowest BCUT2D eigenvalue weighted by atomic mass is 10.4. The maximum Gasteiger partial charge on any atom is 0.191 e. The lowest BCUT2D eigenvalue weighted by Gasteiger charge is -2.11. The molecule has 0 aliphatic carbocycles. The molecular formula is C15H25IN6S. The fourth-order valence-corrected chi connectivity index (χ4v) is 2.80. The number of aryl methyl sites for hydroxylation is 1. The van der Waals surface area contributed by atoms with E-state index in [1.54, 1.807) is 17.5 Å². The van der Waals surface area contributed by atoms with E-state index >= 15 is 0 Å². The Bertz CT molecular complexity index is 566. The van der Waals surface area contributed by atoms with Crippen LogP contribution in [0.1, 0.15) is 23.7 Å². The Hall–Kier alpha value is -1.16. The summed E-state index contributed by atoms with van der Waals surface area (Å²) in [5.74, 6) is 0.849. The quantitative estimate of drug-likeness (QED) is 0.370. The third-order valence-electron chi connectivity index (χ3n) is 3.08. The fraction of sp³-hybridized carbons (Fsp3) is 0.533. The molecule has 0 aliphatic rings. The van der Waals surface area contributed by atoms with Crippen LogP contribution in [-0.2, 0) is 19.4 Å². The Balaban J connectivity index is 0.00000264. The highest BCUT2D eigenvalue weighted by Crippen LogP contribution is 2.13. The highest BCUT2D eigenvalue weighted by molar-refractivity contribution is 14.0. The molecule has 0 spiro atoms. The van der Waals surface area contributed by atoms with Gasteiger partial charge in [0.1, 0.15) is 0 Å². The molecular weight excluding hydrogens is 423 g/mol. The van der Waals surface area contributed by atoms with Crippen molar-refractivity contribution in [3.63, 3.8) is 0 Å². The molecule has 0 saturated carbocycles. The van der Waals surface area contributed by atoms with Crippen LogP contribution in [0.5, 0.6) is 0 Å². The molecule has 0 aromatic carbocycles. The molecule has 128 valence electrons. The van der Waals surface area contributed by atoms with Crippen LogP contribution in [0.3, 0.4) is 0 Å². The van der Waals surface area contributed by atoms with Gasteiger partial charge < -0.3 is 10.6 Å². The minimum absolute atomic E-state index is 0. The van der Waals surface area contributed by atoms with Crippen LogP contribution < -0.4 is 10.6 Å². The molecule has 8 heteroatoms. The van der Waals surface area contributed by atoms with Crippen LogP contribution in [0, 0.1) is 0 Å². The number of guanidine groups is 1. The second-order valence-electron chi connectivity index (χ2n) is 4.78. The first-order valence-corrected chi connectivity index (χ1v) is 8.56. The molecule has 6 nitrogen and oxygen atoms in total. The van der Waals surface area contributed by atoms with Crippen molar-refractivity contribution in [1.29, 1.82) is 0 Å². The fourth-order valence-electron chi connectivity index (χ4n) is 1.95. The van der Waals surface area contributed by atoms with Crippen molar-refractivity contribution in [2.45, 2.75) is 33.2 Å². The third kappa shape index (κ3) is 7.30. The Morgan fingerprint density at radius 3 is 2.87 bits per heavy atom. The van der Waals surface area contributed by atoms with Gasteiger partial charge in [0.15, 0.2) is 5.96 Å². The Morgan fingerprint density at radius 2 is 2.22 bits per heavy atom. The van der Waals surface area contributed by atoms with Gasteiger partial charge in [-0.3, -0.25) is 9.67 Å². The van der Waals surface area contributed by atoms with Crippen molar-refractivity contribution < 1.29 is 0 Å². The molecule has 0 radical (unpaired) electrons. The van der Waals surface area contributed by atoms with E-state index in [1.807, 2.05) is 23.1 Å². The highest BCUT2D eigenvalue weighted by Gasteiger charge is 2.01. The van der Waals surface area contributed by atoms with Crippen molar-refractivity contribution in [2.75, 3.05) is 19.6 Å². The van der Waals surface area contributed by atoms with Crippen molar-refractivity contribution in [3.8, 4) is 0 Å². The summed E-state index contributed by atoms with van der Waals surface area (Å²) < 4.78 is 1.90. The highest BCUT2D eigenvalue weighted by atomic mass is 127. The largest absolute Gasteiger partial charge is 0.357 e. The molecule has 23 heavy (non-hydrogen) atoms. The second kappa shape index (κ2) is 11.4. The van der Waals surface area contributed by atoms with Crippen LogP contribution in [0.2, 0.25) is 0 Å². The SMILES string of the molecule is CCNC(=NCCc1ncc(CC)s1)NCCn1cccn1.I. The number of hydrogen-bond acceptors (Lipinski definition) is 4. The maximum atomic E-state index is 4.59. The van der Waals surface area contributed by atoms with E-state index < -0.39 is 0 Å². The predicted octanol–water partition coefficient (Wildman–Crippen LogP) is 2.32. The van der Waals surface area contributed by atoms with Gasteiger partial charge in [0.05, 0.1) is 11.6 Å². The Morgan fingerprint density at radius 1 is 1.35 bits per heavy atom. The summed E-state index contributed by atoms with van der Waals surface area (Å²) in [6, 6.07) is 1.93. The lowest BCUT2D eigenvalue weighted by Crippen LogP contribution is -2.39. The average Bonchev–Trinajstić information content (AvgIpc) is 3.18. The van der Waals surface area contributed by atoms with E-state index in [2.05, 4.69) is 39.6 Å². The van der Waals surface area contributed by atoms with Gasteiger partial charge in [-0.15, -0.1) is 35.3 Å². The van der Waals surface area contributed by atoms with Crippen LogP contribution in [-0.4, -0.2) is 40.4 Å². The first-order valence-electron chi connectivity index (χ1n) is 7.75. The zero-order chi connectivity index (χ0) is 15.6. The topological polar surface area (TPSA) is 67.1 Å². The van der Waals surface area contributed by atoms with Crippen LogP contribution in [0.4, 0.5) is 0 Å². The summed E-state index contributed by atoms with van der Waals surface area (Å²) in [5.41, 5.74) is 0. The van der Waals surface area contributed by atoms with Crippen molar-refractivity contribution >= 4 is 41.3 Å². The van der Waals surface area contributed by atoms with Crippen LogP contribution in [0.15, 0.2) is 29.6 Å². The van der Waals surface area contributed by atoms with Gasteiger partial charge >= 0.3 is 0 Å². The van der Waals surface area contributed by atoms with Gasteiger partial charge in [-0.25, -0.2) is 4.98 Å². The molecule has 0 unspecified atom stereocenters. The number of hydrogen-bond donors (Lipinski definition) is 2. The molecule has 0 aliphatic heterocycles. The van der Waals surface area contributed by atoms with E-state index in [4.69, 9.17) is 0 Å². The Labute approximate surface area is 158 Å². The number of rotatable bonds is 8. The van der Waals surface area contributed by atoms with Gasteiger partial charge in [-0.05, 0) is 19.4 Å². The number of halogens is 1. The minimum Gasteiger partial charge on any atom is -0.357 e. The van der Waals surface area contributed by atoms with E-state index in [9.17, 15) is 0 Å². The van der Waals surface area contributed by atoms with E-state index in [-0.39, 0.29) is 24.0 Å². The third-order valence-corrected chi connectivity index (χ3v) is 4.28. The standard InChI is InChI=1S/C15H24N6S.HI/c1-3-13-12-19-14(22-13)6-8-17-15(16-4-2)18-9-11-21-10-5-7-20-21;/h5,7,10,12H,3-4,6,8-9,11H2,1-2H3,(H2,16,17,18);1H. The number of thiazole rings is 1. The summed E-state index contributed by atoms with van der Waals surface area (Å²) >= 11 is 1.78. The van der Waals surface area contributed by atoms with E-state index in [1.165, 1.54) is 4.88 Å². The molecule has 2 aromatic heterocycles. The number of aliphatic imine (C=N–C) groups is 1. The molecule has 0 bridgehead atoms. The molecule has 0 fully saturated rings. The van der Waals surface area contributed by atoms with Crippen molar-refractivity contribution in [3.05, 3.63) is 34.5 Å². The summed E-state index contributed by atoms with van der Waals surface area (Å²) in [4.78, 5) is 10.4. The second-order valence-corrected chi connectivity index (χ2v) is 5.98. The zero-order valence-corrected chi connectivity index (χ0v) is 16.8. The summed E-state index contributed by atoms with van der Waals surface area (Å²) in [7, 11) is 0. The summed E-state index contributed by atoms with van der Waals surface area (Å²) in [6.07, 6.45) is 7.66. The van der Waals surface area contributed by atoms with E-state index in [0.29, 0.717) is 0 Å². The van der Waals surface area contributed by atoms with E-state index in [0.717, 1.165) is 50.0 Å². The minimum atomic E-state index is 0. The molecule has 2 aromatic rings. The summed E-state index contributed by atoms with van der Waals surface area (Å²) in [5, 5.41) is 11.9. The van der Waals surface area contributed by atoms with Crippen LogP contribution >= 0.6 is 35.3 Å². The molecule has 0 amide bonds. The average molecular weight is 448 g/mol. The van der Waals surface area contributed by atoms with Gasteiger partial charge in [-0.2, -0.15) is 5.10 Å². The van der Waals surface area contributed by atoms with Crippen molar-refractivity contribution in [2.24, 2.45) is 4.99 Å². The molecule has 2 heterocycles. The number of nitrogens with one attached hydrogen (secondary N) is 2. The monoisotopic (exact) mass is 448 g/mol. The zero-order valence-electron chi connectivity index (χ0n) is 13.7. The van der Waals surface area contributed by atoms with Crippen molar-refractivity contribution in [1.82, 2.24) is 25.4 Å².